The first-order valence-electron chi connectivity index (χ1n) is 7.82. The van der Waals surface area contributed by atoms with E-state index in [9.17, 15) is 9.90 Å². The Kier molecular flexibility index (Phi) is 4.10. The normalized spacial score (nSPS) is 28.9. The van der Waals surface area contributed by atoms with Crippen molar-refractivity contribution in [1.29, 1.82) is 0 Å². The average molecular weight is 352 g/mol. The molecule has 2 fully saturated rings. The summed E-state index contributed by atoms with van der Waals surface area (Å²) in [6.45, 7) is 4.95. The third kappa shape index (κ3) is 2.42. The van der Waals surface area contributed by atoms with Gasteiger partial charge in [0.15, 0.2) is 0 Å². The highest BCUT2D eigenvalue weighted by atomic mass is 79.9. The number of aryl methyl sites for hydroxylation is 2. The molecule has 3 rings (SSSR count). The van der Waals surface area contributed by atoms with Crippen molar-refractivity contribution in [3.05, 3.63) is 33.3 Å². The first-order valence-corrected chi connectivity index (χ1v) is 8.61. The van der Waals surface area contributed by atoms with E-state index in [-0.39, 0.29) is 11.9 Å². The molecule has 2 saturated heterocycles. The molecule has 4 heteroatoms. The van der Waals surface area contributed by atoms with Crippen LogP contribution in [-0.2, 0) is 11.2 Å². The van der Waals surface area contributed by atoms with Gasteiger partial charge >= 0.3 is 0 Å². The molecule has 21 heavy (non-hydrogen) atoms. The first-order chi connectivity index (χ1) is 10.0. The molecule has 1 N–H and O–H groups in total. The summed E-state index contributed by atoms with van der Waals surface area (Å²) in [4.78, 5) is 14.7. The predicted molar refractivity (Wildman–Crippen MR) is 86.4 cm³/mol. The summed E-state index contributed by atoms with van der Waals surface area (Å²) < 4.78 is 0.955. The lowest BCUT2D eigenvalue weighted by molar-refractivity contribution is -0.130. The van der Waals surface area contributed by atoms with E-state index in [2.05, 4.69) is 35.8 Å². The second kappa shape index (κ2) is 5.73. The molecular weight excluding hydrogens is 330 g/mol. The van der Waals surface area contributed by atoms with E-state index in [0.29, 0.717) is 0 Å². The van der Waals surface area contributed by atoms with E-state index >= 15 is 0 Å². The van der Waals surface area contributed by atoms with Crippen molar-refractivity contribution in [3.63, 3.8) is 0 Å². The zero-order chi connectivity index (χ0) is 15.1. The predicted octanol–water partition coefficient (Wildman–Crippen LogP) is 3.16. The van der Waals surface area contributed by atoms with Gasteiger partial charge < -0.3 is 10.0 Å². The molecule has 3 nitrogen and oxygen atoms in total. The summed E-state index contributed by atoms with van der Waals surface area (Å²) in [5, 5.41) is 10.7. The standard InChI is InChI=1S/C17H22BrNO2/c1-3-11-8-10(2)9-12(18)14(11)15-16(20)13-6-4-5-7-19(13)17(15)21/h8-9,13,15-16,20H,3-7H2,1-2H3. The van der Waals surface area contributed by atoms with E-state index in [1.165, 1.54) is 11.1 Å². The quantitative estimate of drug-likeness (QED) is 0.888. The molecule has 0 spiro atoms. The highest BCUT2D eigenvalue weighted by molar-refractivity contribution is 9.10. The minimum atomic E-state index is -0.581. The van der Waals surface area contributed by atoms with Gasteiger partial charge in [-0.15, -0.1) is 0 Å². The van der Waals surface area contributed by atoms with Gasteiger partial charge in [-0.3, -0.25) is 4.79 Å². The molecule has 2 aliphatic heterocycles. The number of aliphatic hydroxyl groups is 1. The molecule has 2 aliphatic rings. The van der Waals surface area contributed by atoms with Crippen LogP contribution in [0, 0.1) is 6.92 Å². The van der Waals surface area contributed by atoms with Crippen LogP contribution < -0.4 is 0 Å². The zero-order valence-electron chi connectivity index (χ0n) is 12.6. The topological polar surface area (TPSA) is 40.5 Å². The largest absolute Gasteiger partial charge is 0.390 e. The average Bonchev–Trinajstić information content (AvgIpc) is 2.71. The van der Waals surface area contributed by atoms with Gasteiger partial charge in [0.25, 0.3) is 0 Å². The number of hydrogen-bond donors (Lipinski definition) is 1. The summed E-state index contributed by atoms with van der Waals surface area (Å²) in [7, 11) is 0. The molecule has 3 atom stereocenters. The zero-order valence-corrected chi connectivity index (χ0v) is 14.2. The molecule has 0 saturated carbocycles. The summed E-state index contributed by atoms with van der Waals surface area (Å²) in [6.07, 6.45) is 3.37. The number of carbonyl (C=O) groups is 1. The van der Waals surface area contributed by atoms with E-state index in [1.54, 1.807) is 0 Å². The van der Waals surface area contributed by atoms with E-state index in [4.69, 9.17) is 0 Å². The van der Waals surface area contributed by atoms with Crippen LogP contribution in [0.4, 0.5) is 0 Å². The number of amides is 1. The summed E-state index contributed by atoms with van der Waals surface area (Å²) in [5.74, 6) is -0.301. The van der Waals surface area contributed by atoms with Crippen molar-refractivity contribution in [1.82, 2.24) is 4.90 Å². The van der Waals surface area contributed by atoms with Crippen LogP contribution in [0.1, 0.15) is 48.8 Å². The Labute approximate surface area is 134 Å². The maximum absolute atomic E-state index is 12.8. The van der Waals surface area contributed by atoms with Gasteiger partial charge in [0, 0.05) is 11.0 Å². The molecule has 1 aromatic rings. The Morgan fingerprint density at radius 1 is 1.38 bits per heavy atom. The van der Waals surface area contributed by atoms with Crippen LogP contribution in [0.2, 0.25) is 0 Å². The Morgan fingerprint density at radius 2 is 2.14 bits per heavy atom. The van der Waals surface area contributed by atoms with Gasteiger partial charge in [-0.05, 0) is 55.4 Å². The van der Waals surface area contributed by atoms with Crippen LogP contribution in [0.3, 0.4) is 0 Å². The van der Waals surface area contributed by atoms with E-state index < -0.39 is 12.0 Å². The highest BCUT2D eigenvalue weighted by Crippen LogP contribution is 2.42. The van der Waals surface area contributed by atoms with Crippen molar-refractivity contribution in [3.8, 4) is 0 Å². The lowest BCUT2D eigenvalue weighted by atomic mass is 9.87. The van der Waals surface area contributed by atoms with Gasteiger partial charge in [-0.25, -0.2) is 0 Å². The molecule has 3 unspecified atom stereocenters. The van der Waals surface area contributed by atoms with Crippen molar-refractivity contribution in [2.24, 2.45) is 0 Å². The molecule has 114 valence electrons. The van der Waals surface area contributed by atoms with Crippen LogP contribution in [0.25, 0.3) is 0 Å². The van der Waals surface area contributed by atoms with Crippen molar-refractivity contribution in [2.45, 2.75) is 57.6 Å². The maximum Gasteiger partial charge on any atom is 0.233 e. The fraction of sp³-hybridized carbons (Fsp3) is 0.588. The number of hydrogen-bond acceptors (Lipinski definition) is 2. The van der Waals surface area contributed by atoms with Gasteiger partial charge in [0.05, 0.1) is 18.1 Å². The minimum absolute atomic E-state index is 0.00848. The number of aliphatic hydroxyl groups excluding tert-OH is 1. The smallest absolute Gasteiger partial charge is 0.233 e. The molecule has 1 aromatic carbocycles. The number of benzene rings is 1. The lowest BCUT2D eigenvalue weighted by Gasteiger charge is -2.30. The van der Waals surface area contributed by atoms with Gasteiger partial charge in [0.2, 0.25) is 5.91 Å². The fourth-order valence-electron chi connectivity index (χ4n) is 3.89. The summed E-state index contributed by atoms with van der Waals surface area (Å²) >= 11 is 3.62. The molecule has 1 amide bonds. The lowest BCUT2D eigenvalue weighted by Crippen LogP contribution is -2.40. The molecule has 0 bridgehead atoms. The van der Waals surface area contributed by atoms with Crippen LogP contribution in [-0.4, -0.2) is 34.6 Å². The third-order valence-electron chi connectivity index (χ3n) is 4.89. The summed E-state index contributed by atoms with van der Waals surface area (Å²) in [6, 6.07) is 4.19. The number of piperidine rings is 1. The maximum atomic E-state index is 12.8. The van der Waals surface area contributed by atoms with Crippen molar-refractivity contribution >= 4 is 21.8 Å². The van der Waals surface area contributed by atoms with E-state index in [0.717, 1.165) is 42.3 Å². The van der Waals surface area contributed by atoms with Crippen LogP contribution >= 0.6 is 15.9 Å². The van der Waals surface area contributed by atoms with Gasteiger partial charge in [-0.2, -0.15) is 0 Å². The van der Waals surface area contributed by atoms with Crippen LogP contribution in [0.5, 0.6) is 0 Å². The third-order valence-corrected chi connectivity index (χ3v) is 5.54. The Bertz CT molecular complexity index is 572. The van der Waals surface area contributed by atoms with Crippen molar-refractivity contribution in [2.75, 3.05) is 6.54 Å². The number of rotatable bonds is 2. The SMILES string of the molecule is CCc1cc(C)cc(Br)c1C1C(=O)N2CCCCC2C1O. The summed E-state index contributed by atoms with van der Waals surface area (Å²) in [5.41, 5.74) is 3.34. The molecule has 2 heterocycles. The Morgan fingerprint density at radius 3 is 2.81 bits per heavy atom. The minimum Gasteiger partial charge on any atom is -0.390 e. The second-order valence-electron chi connectivity index (χ2n) is 6.24. The number of fused-ring (bicyclic) bond motifs is 1. The molecule has 0 aliphatic carbocycles. The number of nitrogens with zero attached hydrogens (tertiary/aromatic N) is 1. The number of carbonyl (C=O) groups excluding carboxylic acids is 1. The van der Waals surface area contributed by atoms with Gasteiger partial charge in [0.1, 0.15) is 0 Å². The highest BCUT2D eigenvalue weighted by Gasteiger charge is 2.49. The molecule has 0 radical (unpaired) electrons. The monoisotopic (exact) mass is 351 g/mol. The first kappa shape index (κ1) is 15.0. The van der Waals surface area contributed by atoms with Crippen molar-refractivity contribution < 1.29 is 9.90 Å². The van der Waals surface area contributed by atoms with Gasteiger partial charge in [-0.1, -0.05) is 28.9 Å². The molecule has 0 aromatic heterocycles. The van der Waals surface area contributed by atoms with Crippen LogP contribution in [0.15, 0.2) is 16.6 Å². The fourth-order valence-corrected chi connectivity index (χ4v) is 4.76. The van der Waals surface area contributed by atoms with E-state index in [1.807, 2.05) is 11.0 Å². The number of halogens is 1. The molecular formula is C17H22BrNO2. The Balaban J connectivity index is 2.06. The Hall–Kier alpha value is -0.870. The second-order valence-corrected chi connectivity index (χ2v) is 7.09.